The largest absolute Gasteiger partial charge is 0.412 e. The van der Waals surface area contributed by atoms with Crippen LogP contribution in [-0.2, 0) is 26.2 Å². The second kappa shape index (κ2) is 32.0. The van der Waals surface area contributed by atoms with E-state index in [1.165, 1.54) is 73.6 Å². The molecule has 246 valence electrons. The molecule has 3 rings (SSSR count). The summed E-state index contributed by atoms with van der Waals surface area (Å²) in [5.41, 5.74) is 5.51. The maximum Gasteiger partial charge on any atom is 0.0205 e. The van der Waals surface area contributed by atoms with Crippen molar-refractivity contribution < 1.29 is 5.48 Å². The van der Waals surface area contributed by atoms with Gasteiger partial charge in [0.15, 0.2) is 0 Å². The Morgan fingerprint density at radius 2 is 0.605 bits per heavy atom. The van der Waals surface area contributed by atoms with E-state index in [-0.39, 0.29) is 55.1 Å². The van der Waals surface area contributed by atoms with Crippen molar-refractivity contribution in [3.8, 4) is 0 Å². The first kappa shape index (κ1) is 46.0. The van der Waals surface area contributed by atoms with Crippen molar-refractivity contribution in [1.82, 2.24) is 21.3 Å². The molecule has 0 aliphatic carbocycles. The summed E-state index contributed by atoms with van der Waals surface area (Å²) in [5, 5.41) is 14.3. The van der Waals surface area contributed by atoms with Crippen LogP contribution in [0.1, 0.15) is 73.6 Å². The Morgan fingerprint density at radius 3 is 0.930 bits per heavy atom. The van der Waals surface area contributed by atoms with Gasteiger partial charge >= 0.3 is 0 Å². The minimum absolute atomic E-state index is 0. The summed E-state index contributed by atoms with van der Waals surface area (Å²) in [7, 11) is 0. The molecule has 0 aromatic heterocycles. The molecule has 6 N–H and O–H groups in total. The van der Waals surface area contributed by atoms with Crippen LogP contribution in [0.25, 0.3) is 0 Å². The molecule has 3 aromatic rings. The van der Waals surface area contributed by atoms with E-state index in [9.17, 15) is 0 Å². The maximum absolute atomic E-state index is 3.63. The van der Waals surface area contributed by atoms with Crippen LogP contribution in [0.15, 0.2) is 84.9 Å². The van der Waals surface area contributed by atoms with E-state index >= 15 is 0 Å². The van der Waals surface area contributed by atoms with Crippen LogP contribution in [0.5, 0.6) is 0 Å². The van der Waals surface area contributed by atoms with E-state index in [2.05, 4.69) is 106 Å². The van der Waals surface area contributed by atoms with Crippen LogP contribution in [-0.4, -0.2) is 31.7 Å². The fourth-order valence-electron chi connectivity index (χ4n) is 4.68. The Bertz CT molecular complexity index is 896. The molecule has 0 saturated heterocycles. The van der Waals surface area contributed by atoms with Gasteiger partial charge in [-0.05, 0) is 74.1 Å². The summed E-state index contributed by atoms with van der Waals surface area (Å²) in [4.78, 5) is 0. The number of hydrogen-bond donors (Lipinski definition) is 4. The predicted octanol–water partition coefficient (Wildman–Crippen LogP) is 7.43. The lowest BCUT2D eigenvalue weighted by Crippen LogP contribution is -2.17. The van der Waals surface area contributed by atoms with Gasteiger partial charge in [0.2, 0.25) is 0 Å². The summed E-state index contributed by atoms with van der Waals surface area (Å²) in [5.74, 6) is 0. The SMILES string of the molecule is Cl.Cl.Cl.Cl.O.c1ccc(CNCCCCCCNCc2cccc(CNCCCCCCNCc3ccccc3)c2)cc1. The summed E-state index contributed by atoms with van der Waals surface area (Å²) in [6.07, 6.45) is 10.2. The van der Waals surface area contributed by atoms with E-state index < -0.39 is 0 Å². The molecule has 3 aromatic carbocycles. The zero-order valence-electron chi connectivity index (χ0n) is 25.5. The van der Waals surface area contributed by atoms with E-state index in [1.807, 2.05) is 0 Å². The highest BCUT2D eigenvalue weighted by atomic mass is 35.5. The third-order valence-electron chi connectivity index (χ3n) is 6.91. The van der Waals surface area contributed by atoms with Crippen molar-refractivity contribution in [2.75, 3.05) is 26.2 Å². The number of halogens is 4. The fourth-order valence-corrected chi connectivity index (χ4v) is 4.68. The first-order valence-electron chi connectivity index (χ1n) is 14.9. The second-order valence-corrected chi connectivity index (χ2v) is 10.3. The summed E-state index contributed by atoms with van der Waals surface area (Å²) >= 11 is 0. The van der Waals surface area contributed by atoms with Gasteiger partial charge in [-0.2, -0.15) is 0 Å². The fraction of sp³-hybridized carbons (Fsp3) is 0.471. The van der Waals surface area contributed by atoms with Gasteiger partial charge in [0.1, 0.15) is 0 Å². The highest BCUT2D eigenvalue weighted by molar-refractivity contribution is 5.86. The normalized spacial score (nSPS) is 9.86. The highest BCUT2D eigenvalue weighted by Crippen LogP contribution is 2.07. The van der Waals surface area contributed by atoms with Crippen molar-refractivity contribution in [3.05, 3.63) is 107 Å². The molecular weight excluding hydrogens is 622 g/mol. The minimum atomic E-state index is 0. The molecule has 0 aliphatic rings. The van der Waals surface area contributed by atoms with Crippen LogP contribution in [0.3, 0.4) is 0 Å². The molecule has 0 bridgehead atoms. The molecule has 5 nitrogen and oxygen atoms in total. The first-order valence-corrected chi connectivity index (χ1v) is 14.9. The molecule has 0 radical (unpaired) electrons. The number of nitrogens with one attached hydrogen (secondary N) is 4. The summed E-state index contributed by atoms with van der Waals surface area (Å²) in [6.45, 7) is 8.29. The van der Waals surface area contributed by atoms with Crippen molar-refractivity contribution in [2.24, 2.45) is 0 Å². The van der Waals surface area contributed by atoms with Gasteiger partial charge in [0, 0.05) is 26.2 Å². The van der Waals surface area contributed by atoms with Gasteiger partial charge in [-0.15, -0.1) is 49.6 Å². The van der Waals surface area contributed by atoms with Gasteiger partial charge in [-0.3, -0.25) is 0 Å². The second-order valence-electron chi connectivity index (χ2n) is 10.3. The van der Waals surface area contributed by atoms with Gasteiger partial charge in [0.25, 0.3) is 0 Å². The lowest BCUT2D eigenvalue weighted by molar-refractivity contribution is 0.561. The molecule has 43 heavy (non-hydrogen) atoms. The Balaban J connectivity index is -0.00000320. The molecule has 0 spiro atoms. The summed E-state index contributed by atoms with van der Waals surface area (Å²) in [6, 6.07) is 30.3. The van der Waals surface area contributed by atoms with Crippen LogP contribution >= 0.6 is 49.6 Å². The molecule has 9 heteroatoms. The van der Waals surface area contributed by atoms with E-state index in [4.69, 9.17) is 0 Å². The van der Waals surface area contributed by atoms with Crippen LogP contribution in [0.2, 0.25) is 0 Å². The maximum atomic E-state index is 3.63. The standard InChI is InChI=1S/C34H50N4.4ClH.H2O/c1(11-22-35-27-31-16-7-5-8-17-31)3-13-24-37-29-33-20-15-21-34(26-33)30-38-25-14-4-2-12-23-36-28-32-18-9-6-10-19-32;;;;;/h5-10,15-21,26,35-38H,1-4,11-14,22-25,27-30H2;4*1H;1H2. The number of unbranched alkanes of at least 4 members (excludes halogenated alkanes) is 6. The molecule has 0 atom stereocenters. The quantitative estimate of drug-likeness (QED) is 0.0835. The minimum Gasteiger partial charge on any atom is -0.412 e. The third-order valence-corrected chi connectivity index (χ3v) is 6.91. The molecule has 0 amide bonds. The average Bonchev–Trinajstić information content (AvgIpc) is 2.96. The lowest BCUT2D eigenvalue weighted by Gasteiger charge is -2.09. The van der Waals surface area contributed by atoms with Gasteiger partial charge < -0.3 is 26.7 Å². The van der Waals surface area contributed by atoms with Crippen molar-refractivity contribution in [2.45, 2.75) is 77.5 Å². The summed E-state index contributed by atoms with van der Waals surface area (Å²) < 4.78 is 0. The van der Waals surface area contributed by atoms with Gasteiger partial charge in [-0.25, -0.2) is 0 Å². The molecule has 0 aliphatic heterocycles. The zero-order chi connectivity index (χ0) is 26.4. The number of rotatable bonds is 22. The van der Waals surface area contributed by atoms with E-state index in [1.54, 1.807) is 0 Å². The van der Waals surface area contributed by atoms with Gasteiger partial charge in [-0.1, -0.05) is 111 Å². The molecule has 0 unspecified atom stereocenters. The Kier molecular flexibility index (Phi) is 34.3. The van der Waals surface area contributed by atoms with Crippen LogP contribution in [0, 0.1) is 0 Å². The Morgan fingerprint density at radius 1 is 0.326 bits per heavy atom. The van der Waals surface area contributed by atoms with Crippen molar-refractivity contribution in [3.63, 3.8) is 0 Å². The zero-order valence-corrected chi connectivity index (χ0v) is 28.8. The average molecular weight is 679 g/mol. The predicted molar refractivity (Wildman–Crippen MR) is 196 cm³/mol. The number of hydrogen-bond acceptors (Lipinski definition) is 4. The Hall–Kier alpha value is -1.38. The topological polar surface area (TPSA) is 79.6 Å². The molecule has 0 heterocycles. The third kappa shape index (κ3) is 23.6. The monoisotopic (exact) mass is 676 g/mol. The van der Waals surface area contributed by atoms with Crippen LogP contribution < -0.4 is 21.3 Å². The van der Waals surface area contributed by atoms with Crippen molar-refractivity contribution >= 4 is 49.6 Å². The Labute approximate surface area is 286 Å². The lowest BCUT2D eigenvalue weighted by atomic mass is 10.1. The van der Waals surface area contributed by atoms with E-state index in [0.29, 0.717) is 0 Å². The van der Waals surface area contributed by atoms with Gasteiger partial charge in [0.05, 0.1) is 0 Å². The van der Waals surface area contributed by atoms with Crippen molar-refractivity contribution in [1.29, 1.82) is 0 Å². The smallest absolute Gasteiger partial charge is 0.0205 e. The highest BCUT2D eigenvalue weighted by Gasteiger charge is 1.98. The molecule has 0 saturated carbocycles. The molecular formula is C34H56Cl4N4O. The molecule has 0 fully saturated rings. The first-order chi connectivity index (χ1) is 18.9. The van der Waals surface area contributed by atoms with Crippen LogP contribution in [0.4, 0.5) is 0 Å². The number of benzene rings is 3. The van der Waals surface area contributed by atoms with E-state index in [0.717, 1.165) is 52.4 Å².